The van der Waals surface area contributed by atoms with Gasteiger partial charge >= 0.3 is 18.6 Å². The smallest absolute Gasteiger partial charge is 0.406 e. The number of rotatable bonds is 8. The maximum absolute atomic E-state index is 12.9. The van der Waals surface area contributed by atoms with Crippen LogP contribution in [0.25, 0.3) is 17.1 Å². The first-order chi connectivity index (χ1) is 22.1. The molecule has 4 aromatic rings. The van der Waals surface area contributed by atoms with Gasteiger partial charge in [0.15, 0.2) is 11.0 Å². The summed E-state index contributed by atoms with van der Waals surface area (Å²) in [4.78, 5) is 35.0. The molecule has 1 aliphatic rings. The number of carbonyl (C=O) groups is 2. The fourth-order valence-corrected chi connectivity index (χ4v) is 5.39. The third-order valence-electron chi connectivity index (χ3n) is 6.26. The number of urea groups is 1. The molecule has 1 N–H and O–H groups in total. The van der Waals surface area contributed by atoms with Crippen LogP contribution < -0.4 is 15.0 Å². The van der Waals surface area contributed by atoms with E-state index in [0.29, 0.717) is 16.8 Å². The summed E-state index contributed by atoms with van der Waals surface area (Å²) in [6.45, 7) is -0.166. The molecule has 10 nitrogen and oxygen atoms in total. The molecule has 0 aliphatic carbocycles. The van der Waals surface area contributed by atoms with Crippen molar-refractivity contribution in [3.63, 3.8) is 0 Å². The lowest BCUT2D eigenvalue weighted by Gasteiger charge is -2.20. The maximum atomic E-state index is 12.9. The Balaban J connectivity index is 1.28. The van der Waals surface area contributed by atoms with Crippen molar-refractivity contribution >= 4 is 51.8 Å². The van der Waals surface area contributed by atoms with Crippen LogP contribution in [0, 0.1) is 6.92 Å². The molecule has 2 heterocycles. The van der Waals surface area contributed by atoms with E-state index in [9.17, 15) is 35.9 Å². The minimum atomic E-state index is -4.82. The molecule has 1 aromatic heterocycles. The van der Waals surface area contributed by atoms with Crippen LogP contribution >= 0.6 is 23.4 Å². The fraction of sp³-hybridized carbons (Fsp3) is 0.207. The highest BCUT2D eigenvalue weighted by Crippen LogP contribution is 2.32. The lowest BCUT2D eigenvalue weighted by Crippen LogP contribution is -2.31. The zero-order valence-corrected chi connectivity index (χ0v) is 25.5. The normalized spacial score (nSPS) is 14.6. The molecule has 3 amide bonds. The molecule has 0 bridgehead atoms. The van der Waals surface area contributed by atoms with Crippen LogP contribution in [0.1, 0.15) is 11.1 Å². The number of hydrogen-bond donors (Lipinski definition) is 1. The van der Waals surface area contributed by atoms with Gasteiger partial charge in [-0.15, -0.1) is 18.3 Å². The van der Waals surface area contributed by atoms with Crippen LogP contribution in [0.4, 0.5) is 42.5 Å². The Morgan fingerprint density at radius 3 is 2.49 bits per heavy atom. The van der Waals surface area contributed by atoms with E-state index in [1.54, 1.807) is 31.2 Å². The largest absolute Gasteiger partial charge is 0.573 e. The number of carbonyl (C=O) groups excluding carboxylic acids is 2. The summed E-state index contributed by atoms with van der Waals surface area (Å²) in [7, 11) is 0. The molecular formula is C29H21ClF6N6O4S. The van der Waals surface area contributed by atoms with Crippen molar-refractivity contribution < 1.29 is 45.4 Å². The Morgan fingerprint density at radius 2 is 1.81 bits per heavy atom. The average Bonchev–Trinajstić information content (AvgIpc) is 3.61. The van der Waals surface area contributed by atoms with E-state index in [4.69, 9.17) is 16.3 Å². The number of amides is 3. The molecule has 0 saturated carbocycles. The van der Waals surface area contributed by atoms with E-state index in [2.05, 4.69) is 25.1 Å². The molecular weight excluding hydrogens is 678 g/mol. The Bertz CT molecular complexity index is 1830. The summed E-state index contributed by atoms with van der Waals surface area (Å²) in [5.41, 5.74) is 2.31. The van der Waals surface area contributed by atoms with Crippen molar-refractivity contribution in [3.05, 3.63) is 83.1 Å². The zero-order chi connectivity index (χ0) is 33.9. The highest BCUT2D eigenvalue weighted by atomic mass is 35.5. The van der Waals surface area contributed by atoms with Gasteiger partial charge in [-0.2, -0.15) is 18.2 Å². The SMILES string of the molecule is Cc1ccc(N2C(=O)CS/C2=N\C(=O)Nc2ccc(-n3cnc(-c4ccc(OC(F)(F)F)cc4)n3)cc2Cl)c(COCC(F)(F)F)c1. The summed E-state index contributed by atoms with van der Waals surface area (Å²) in [6, 6.07) is 13.4. The number of hydrogen-bond acceptors (Lipinski definition) is 7. The first-order valence-electron chi connectivity index (χ1n) is 13.3. The van der Waals surface area contributed by atoms with E-state index >= 15 is 0 Å². The Morgan fingerprint density at radius 1 is 1.06 bits per heavy atom. The molecule has 5 rings (SSSR count). The lowest BCUT2D eigenvalue weighted by molar-refractivity contribution is -0.274. The number of aromatic nitrogens is 3. The molecule has 18 heteroatoms. The maximum Gasteiger partial charge on any atom is 0.573 e. The van der Waals surface area contributed by atoms with E-state index < -0.39 is 43.4 Å². The van der Waals surface area contributed by atoms with Crippen molar-refractivity contribution in [1.29, 1.82) is 0 Å². The van der Waals surface area contributed by atoms with Gasteiger partial charge in [-0.25, -0.2) is 14.5 Å². The number of halogens is 7. The van der Waals surface area contributed by atoms with Gasteiger partial charge in [0.1, 0.15) is 18.7 Å². The molecule has 0 radical (unpaired) electrons. The van der Waals surface area contributed by atoms with Crippen LogP contribution in [-0.4, -0.2) is 56.8 Å². The number of benzene rings is 3. The van der Waals surface area contributed by atoms with Crippen LogP contribution in [0.2, 0.25) is 5.02 Å². The van der Waals surface area contributed by atoms with Gasteiger partial charge in [-0.3, -0.25) is 9.69 Å². The highest BCUT2D eigenvalue weighted by Gasteiger charge is 2.33. The topological polar surface area (TPSA) is 111 Å². The molecule has 1 aliphatic heterocycles. The van der Waals surface area contributed by atoms with Gasteiger partial charge in [0.2, 0.25) is 5.91 Å². The van der Waals surface area contributed by atoms with E-state index in [0.717, 1.165) is 34.4 Å². The molecule has 0 spiro atoms. The molecule has 0 unspecified atom stereocenters. The third kappa shape index (κ3) is 8.81. The molecule has 47 heavy (non-hydrogen) atoms. The minimum absolute atomic E-state index is 0.00862. The Hall–Kier alpha value is -4.61. The second-order valence-electron chi connectivity index (χ2n) is 9.83. The first kappa shape index (κ1) is 33.7. The van der Waals surface area contributed by atoms with Crippen molar-refractivity contribution in [2.24, 2.45) is 4.99 Å². The molecule has 246 valence electrons. The zero-order valence-electron chi connectivity index (χ0n) is 23.9. The molecule has 3 aromatic carbocycles. The molecule has 0 atom stereocenters. The van der Waals surface area contributed by atoms with Crippen LogP contribution in [0.5, 0.6) is 5.75 Å². The first-order valence-corrected chi connectivity index (χ1v) is 14.7. The monoisotopic (exact) mass is 698 g/mol. The summed E-state index contributed by atoms with van der Waals surface area (Å²) < 4.78 is 85.2. The summed E-state index contributed by atoms with van der Waals surface area (Å²) in [5, 5.41) is 6.95. The summed E-state index contributed by atoms with van der Waals surface area (Å²) in [5.74, 6) is -0.660. The number of ether oxygens (including phenoxy) is 2. The second kappa shape index (κ2) is 13.6. The van der Waals surface area contributed by atoms with Gasteiger partial charge < -0.3 is 14.8 Å². The number of nitrogens with one attached hydrogen (secondary N) is 1. The van der Waals surface area contributed by atoms with E-state index in [-0.39, 0.29) is 33.1 Å². The summed E-state index contributed by atoms with van der Waals surface area (Å²) >= 11 is 7.38. The van der Waals surface area contributed by atoms with Crippen LogP contribution in [0.15, 0.2) is 72.0 Å². The minimum Gasteiger partial charge on any atom is -0.406 e. The number of aliphatic imine (C=N–C) groups is 1. The molecule has 1 fully saturated rings. The number of nitrogens with zero attached hydrogens (tertiary/aromatic N) is 5. The van der Waals surface area contributed by atoms with Crippen molar-refractivity contribution in [1.82, 2.24) is 14.8 Å². The predicted octanol–water partition coefficient (Wildman–Crippen LogP) is 7.54. The standard InChI is InChI=1S/C29H21ClF6N6O4S/c1-16-2-9-23(18(10-16)12-45-14-28(31,32)33)42-24(43)13-47-27(42)39-26(44)38-22-8-5-19(11-21(22)30)41-15-37-25(40-41)17-3-6-20(7-4-17)46-29(34,35)36/h2-11,15H,12-14H2,1H3,(H,38,44)/b39-27-. The number of anilines is 2. The van der Waals surface area contributed by atoms with Gasteiger partial charge in [-0.1, -0.05) is 41.1 Å². The number of aryl methyl sites for hydroxylation is 1. The van der Waals surface area contributed by atoms with Crippen LogP contribution in [0.3, 0.4) is 0 Å². The predicted molar refractivity (Wildman–Crippen MR) is 162 cm³/mol. The average molecular weight is 699 g/mol. The van der Waals surface area contributed by atoms with Crippen molar-refractivity contribution in [3.8, 4) is 22.8 Å². The van der Waals surface area contributed by atoms with Gasteiger partial charge in [0.05, 0.1) is 34.4 Å². The third-order valence-corrected chi connectivity index (χ3v) is 7.49. The number of alkyl halides is 6. The number of amidine groups is 1. The highest BCUT2D eigenvalue weighted by molar-refractivity contribution is 8.15. The lowest BCUT2D eigenvalue weighted by atomic mass is 10.1. The Kier molecular flexibility index (Phi) is 9.78. The van der Waals surface area contributed by atoms with Crippen molar-refractivity contribution in [2.75, 3.05) is 22.6 Å². The quantitative estimate of drug-likeness (QED) is 0.189. The Labute approximate surface area is 271 Å². The van der Waals surface area contributed by atoms with Crippen LogP contribution in [-0.2, 0) is 16.1 Å². The fourth-order valence-electron chi connectivity index (χ4n) is 4.31. The molecule has 1 saturated heterocycles. The van der Waals surface area contributed by atoms with Gasteiger partial charge in [0.25, 0.3) is 0 Å². The van der Waals surface area contributed by atoms with E-state index in [1.165, 1.54) is 35.3 Å². The van der Waals surface area contributed by atoms with Gasteiger partial charge in [-0.05, 0) is 55.5 Å². The van der Waals surface area contributed by atoms with E-state index in [1.807, 2.05) is 0 Å². The number of thioether (sulfide) groups is 1. The van der Waals surface area contributed by atoms with Gasteiger partial charge in [0, 0.05) is 11.1 Å². The second-order valence-corrected chi connectivity index (χ2v) is 11.2. The summed E-state index contributed by atoms with van der Waals surface area (Å²) in [6.07, 6.45) is -7.98. The van der Waals surface area contributed by atoms with Crippen molar-refractivity contribution in [2.45, 2.75) is 26.1 Å².